The average Bonchev–Trinajstić information content (AvgIpc) is 3.08. The molecule has 0 N–H and O–H groups in total. The number of cyclic esters (lactones) is 1. The molecule has 0 bridgehead atoms. The third kappa shape index (κ3) is 1.47. The topological polar surface area (TPSA) is 61.4 Å². The van der Waals surface area contributed by atoms with Crippen LogP contribution in [0.4, 0.5) is 0 Å². The average molecular weight is 284 g/mol. The zero-order valence-corrected chi connectivity index (χ0v) is 11.3. The predicted octanol–water partition coefficient (Wildman–Crippen LogP) is 1.69. The first-order valence-corrected chi connectivity index (χ1v) is 6.60. The van der Waals surface area contributed by atoms with Gasteiger partial charge in [-0.25, -0.2) is 9.59 Å². The molecule has 106 valence electrons. The summed E-state index contributed by atoms with van der Waals surface area (Å²) < 4.78 is 13.7. The van der Waals surface area contributed by atoms with Gasteiger partial charge in [-0.1, -0.05) is 0 Å². The van der Waals surface area contributed by atoms with Crippen LogP contribution >= 0.6 is 0 Å². The van der Waals surface area contributed by atoms with E-state index < -0.39 is 11.9 Å². The quantitative estimate of drug-likeness (QED) is 0.638. The first-order chi connectivity index (χ1) is 10.2. The summed E-state index contributed by atoms with van der Waals surface area (Å²) in [5, 5.41) is 0. The smallest absolute Gasteiger partial charge is 0.355 e. The Balaban J connectivity index is 2.24. The maximum atomic E-state index is 12.2. The predicted molar refractivity (Wildman–Crippen MR) is 73.7 cm³/mol. The summed E-state index contributed by atoms with van der Waals surface area (Å²) in [5.41, 5.74) is 3.10. The lowest BCUT2D eigenvalue weighted by Gasteiger charge is -2.13. The molecule has 3 aromatic rings. The molecular weight excluding hydrogens is 272 g/mol. The van der Waals surface area contributed by atoms with Gasteiger partial charge in [0, 0.05) is 30.6 Å². The number of hydrogen-bond acceptors (Lipinski definition) is 4. The Bertz CT molecular complexity index is 903. The summed E-state index contributed by atoms with van der Waals surface area (Å²) >= 11 is 0. The summed E-state index contributed by atoms with van der Waals surface area (Å²) in [7, 11) is 1.34. The summed E-state index contributed by atoms with van der Waals surface area (Å²) in [6, 6.07) is 3.79. The Kier molecular flexibility index (Phi) is 2.35. The van der Waals surface area contributed by atoms with Crippen molar-refractivity contribution < 1.29 is 19.1 Å². The van der Waals surface area contributed by atoms with E-state index in [1.165, 1.54) is 7.11 Å². The molecule has 0 atom stereocenters. The van der Waals surface area contributed by atoms with Gasteiger partial charge < -0.3 is 18.3 Å². The molecular formula is C15H12N2O4. The standard InChI is InChI=1S/C15H12N2O4/c1-20-14(18)11-9-4-8-21-15(19)12(9)17-7-6-16-5-2-3-10(16)13(11)17/h2-3,5-7H,4,8H2,1H3. The van der Waals surface area contributed by atoms with E-state index >= 15 is 0 Å². The van der Waals surface area contributed by atoms with Crippen molar-refractivity contribution in [3.05, 3.63) is 47.5 Å². The summed E-state index contributed by atoms with van der Waals surface area (Å²) in [6.07, 6.45) is 6.01. The third-order valence-electron chi connectivity index (χ3n) is 3.87. The van der Waals surface area contributed by atoms with Crippen molar-refractivity contribution in [2.24, 2.45) is 0 Å². The highest BCUT2D eigenvalue weighted by Gasteiger charge is 2.32. The Morgan fingerprint density at radius 2 is 2.19 bits per heavy atom. The van der Waals surface area contributed by atoms with E-state index in [9.17, 15) is 9.59 Å². The van der Waals surface area contributed by atoms with Crippen LogP contribution in [-0.2, 0) is 15.9 Å². The van der Waals surface area contributed by atoms with Crippen molar-refractivity contribution in [1.82, 2.24) is 8.80 Å². The molecule has 0 aliphatic carbocycles. The molecule has 1 aliphatic rings. The fourth-order valence-electron chi connectivity index (χ4n) is 3.00. The van der Waals surface area contributed by atoms with Crippen molar-refractivity contribution in [3.63, 3.8) is 0 Å². The molecule has 0 radical (unpaired) electrons. The molecule has 6 heteroatoms. The molecule has 0 spiro atoms. The lowest BCUT2D eigenvalue weighted by Crippen LogP contribution is -2.19. The SMILES string of the molecule is COC(=O)c1c2c(n3ccn4cccc4c13)C(=O)OCC2. The van der Waals surface area contributed by atoms with Gasteiger partial charge in [0.2, 0.25) is 0 Å². The van der Waals surface area contributed by atoms with Crippen LogP contribution in [0, 0.1) is 0 Å². The first-order valence-electron chi connectivity index (χ1n) is 6.60. The minimum atomic E-state index is -0.433. The third-order valence-corrected chi connectivity index (χ3v) is 3.87. The van der Waals surface area contributed by atoms with Gasteiger partial charge in [0.15, 0.2) is 0 Å². The molecule has 0 unspecified atom stereocenters. The highest BCUT2D eigenvalue weighted by atomic mass is 16.5. The first kappa shape index (κ1) is 12.0. The van der Waals surface area contributed by atoms with E-state index in [0.717, 1.165) is 5.52 Å². The molecule has 0 fully saturated rings. The zero-order valence-electron chi connectivity index (χ0n) is 11.3. The molecule has 0 saturated heterocycles. The van der Waals surface area contributed by atoms with Crippen molar-refractivity contribution in [2.75, 3.05) is 13.7 Å². The molecule has 0 aromatic carbocycles. The van der Waals surface area contributed by atoms with Crippen LogP contribution in [0.2, 0.25) is 0 Å². The molecule has 6 nitrogen and oxygen atoms in total. The van der Waals surface area contributed by atoms with Crippen LogP contribution in [0.15, 0.2) is 30.7 Å². The Labute approximate surface area is 119 Å². The number of fused-ring (bicyclic) bond motifs is 5. The molecule has 3 aromatic heterocycles. The lowest BCUT2D eigenvalue weighted by atomic mass is 10.0. The Morgan fingerprint density at radius 1 is 1.33 bits per heavy atom. The van der Waals surface area contributed by atoms with Crippen molar-refractivity contribution in [1.29, 1.82) is 0 Å². The number of methoxy groups -OCH3 is 1. The van der Waals surface area contributed by atoms with E-state index in [4.69, 9.17) is 9.47 Å². The minimum absolute atomic E-state index is 0.282. The second kappa shape index (κ2) is 4.12. The summed E-state index contributed by atoms with van der Waals surface area (Å²) in [5.74, 6) is -0.838. The number of ether oxygens (including phenoxy) is 2. The second-order valence-electron chi connectivity index (χ2n) is 4.90. The lowest BCUT2D eigenvalue weighted by molar-refractivity contribution is 0.0470. The zero-order chi connectivity index (χ0) is 14.6. The van der Waals surface area contributed by atoms with Crippen LogP contribution in [0.25, 0.3) is 11.0 Å². The van der Waals surface area contributed by atoms with E-state index in [1.54, 1.807) is 10.6 Å². The fourth-order valence-corrected chi connectivity index (χ4v) is 3.00. The number of hydrogen-bond donors (Lipinski definition) is 0. The van der Waals surface area contributed by atoms with Crippen LogP contribution in [-0.4, -0.2) is 34.5 Å². The number of rotatable bonds is 1. The van der Waals surface area contributed by atoms with Gasteiger partial charge >= 0.3 is 11.9 Å². The van der Waals surface area contributed by atoms with Crippen molar-refractivity contribution >= 4 is 23.0 Å². The van der Waals surface area contributed by atoms with E-state index in [0.29, 0.717) is 28.8 Å². The normalized spacial score (nSPS) is 14.2. The molecule has 0 amide bonds. The van der Waals surface area contributed by atoms with Crippen LogP contribution in [0.1, 0.15) is 26.4 Å². The summed E-state index contributed by atoms with van der Waals surface area (Å²) in [6.45, 7) is 0.282. The Hall–Kier alpha value is -2.76. The van der Waals surface area contributed by atoms with Gasteiger partial charge in [-0.15, -0.1) is 0 Å². The fraction of sp³-hybridized carbons (Fsp3) is 0.200. The largest absolute Gasteiger partial charge is 0.465 e. The molecule has 4 rings (SSSR count). The number of carbonyl (C=O) groups is 2. The number of nitrogens with zero attached hydrogens (tertiary/aromatic N) is 2. The van der Waals surface area contributed by atoms with Crippen LogP contribution in [0.5, 0.6) is 0 Å². The van der Waals surface area contributed by atoms with Crippen molar-refractivity contribution in [2.45, 2.75) is 6.42 Å². The van der Waals surface area contributed by atoms with Gasteiger partial charge in [0.05, 0.1) is 30.3 Å². The van der Waals surface area contributed by atoms with E-state index in [-0.39, 0.29) is 6.61 Å². The molecule has 4 heterocycles. The Morgan fingerprint density at radius 3 is 3.00 bits per heavy atom. The van der Waals surface area contributed by atoms with Gasteiger partial charge in [-0.3, -0.25) is 0 Å². The highest BCUT2D eigenvalue weighted by Crippen LogP contribution is 2.31. The number of carbonyl (C=O) groups excluding carboxylic acids is 2. The van der Waals surface area contributed by atoms with Crippen LogP contribution < -0.4 is 0 Å². The van der Waals surface area contributed by atoms with Gasteiger partial charge in [-0.2, -0.15) is 0 Å². The summed E-state index contributed by atoms with van der Waals surface area (Å²) in [4.78, 5) is 24.3. The maximum Gasteiger partial charge on any atom is 0.355 e. The van der Waals surface area contributed by atoms with Crippen molar-refractivity contribution in [3.8, 4) is 0 Å². The van der Waals surface area contributed by atoms with E-state index in [2.05, 4.69) is 0 Å². The highest BCUT2D eigenvalue weighted by molar-refractivity contribution is 6.08. The molecule has 21 heavy (non-hydrogen) atoms. The molecule has 1 aliphatic heterocycles. The van der Waals surface area contributed by atoms with Crippen LogP contribution in [0.3, 0.4) is 0 Å². The number of esters is 2. The van der Waals surface area contributed by atoms with E-state index in [1.807, 2.05) is 28.9 Å². The van der Waals surface area contributed by atoms with Gasteiger partial charge in [0.1, 0.15) is 5.69 Å². The maximum absolute atomic E-state index is 12.2. The monoisotopic (exact) mass is 284 g/mol. The minimum Gasteiger partial charge on any atom is -0.465 e. The van der Waals surface area contributed by atoms with Gasteiger partial charge in [-0.05, 0) is 12.1 Å². The molecule has 0 saturated carbocycles. The second-order valence-corrected chi connectivity index (χ2v) is 4.90. The van der Waals surface area contributed by atoms with Gasteiger partial charge in [0.25, 0.3) is 0 Å². The number of aromatic nitrogens is 2.